The van der Waals surface area contributed by atoms with E-state index in [0.717, 1.165) is 16.3 Å². The highest BCUT2D eigenvalue weighted by Crippen LogP contribution is 2.31. The van der Waals surface area contributed by atoms with E-state index in [1.54, 1.807) is 24.3 Å². The first-order chi connectivity index (χ1) is 8.78. The second-order valence-electron chi connectivity index (χ2n) is 4.03. The number of carbonyl (C=O) groups excluding carboxylic acids is 1. The average molecular weight is 238 g/mol. The molecular formula is C15H10O3. The van der Waals surface area contributed by atoms with Crippen LogP contribution in [0.15, 0.2) is 52.9 Å². The molecule has 1 N–H and O–H groups in total. The van der Waals surface area contributed by atoms with Gasteiger partial charge >= 0.3 is 0 Å². The van der Waals surface area contributed by atoms with E-state index < -0.39 is 0 Å². The zero-order chi connectivity index (χ0) is 12.5. The summed E-state index contributed by atoms with van der Waals surface area (Å²) >= 11 is 0. The highest BCUT2D eigenvalue weighted by Gasteiger charge is 2.08. The van der Waals surface area contributed by atoms with E-state index in [1.807, 2.05) is 24.3 Å². The first-order valence-electron chi connectivity index (χ1n) is 5.55. The smallest absolute Gasteiger partial charge is 0.185 e. The van der Waals surface area contributed by atoms with Gasteiger partial charge in [-0.3, -0.25) is 4.79 Å². The summed E-state index contributed by atoms with van der Waals surface area (Å²) in [6.07, 6.45) is 0.673. The lowest BCUT2D eigenvalue weighted by Gasteiger charge is -2.04. The number of rotatable bonds is 2. The number of phenols is 1. The maximum atomic E-state index is 10.6. The van der Waals surface area contributed by atoms with Crippen LogP contribution in [0.5, 0.6) is 5.75 Å². The van der Waals surface area contributed by atoms with Crippen molar-refractivity contribution in [3.8, 4) is 17.1 Å². The maximum Gasteiger partial charge on any atom is 0.185 e. The third-order valence-corrected chi connectivity index (χ3v) is 2.87. The standard InChI is InChI=1S/C15H10O3/c16-9-12-6-7-15(18-12)13-3-1-2-10-4-5-11(17)8-14(10)13/h1-9,17H. The molecule has 0 bridgehead atoms. The van der Waals surface area contributed by atoms with E-state index in [1.165, 1.54) is 0 Å². The summed E-state index contributed by atoms with van der Waals surface area (Å²) in [6.45, 7) is 0. The minimum Gasteiger partial charge on any atom is -0.508 e. The first-order valence-corrected chi connectivity index (χ1v) is 5.55. The van der Waals surface area contributed by atoms with E-state index >= 15 is 0 Å². The highest BCUT2D eigenvalue weighted by molar-refractivity contribution is 5.96. The molecule has 1 heterocycles. The molecule has 0 unspecified atom stereocenters. The van der Waals surface area contributed by atoms with Gasteiger partial charge in [-0.1, -0.05) is 24.3 Å². The van der Waals surface area contributed by atoms with Crippen molar-refractivity contribution >= 4 is 17.1 Å². The fraction of sp³-hybridized carbons (Fsp3) is 0. The van der Waals surface area contributed by atoms with Crippen LogP contribution in [0.2, 0.25) is 0 Å². The molecule has 0 saturated heterocycles. The van der Waals surface area contributed by atoms with Crippen molar-refractivity contribution in [2.45, 2.75) is 0 Å². The lowest BCUT2D eigenvalue weighted by molar-refractivity contribution is 0.110. The Balaban J connectivity index is 2.27. The quantitative estimate of drug-likeness (QED) is 0.694. The molecule has 2 aromatic carbocycles. The molecule has 1 aromatic heterocycles. The number of carbonyl (C=O) groups is 1. The molecule has 0 aliphatic rings. The van der Waals surface area contributed by atoms with Crippen LogP contribution in [0, 0.1) is 0 Å². The Hall–Kier alpha value is -2.55. The molecule has 3 nitrogen and oxygen atoms in total. The fourth-order valence-electron chi connectivity index (χ4n) is 2.04. The summed E-state index contributed by atoms with van der Waals surface area (Å²) in [5.41, 5.74) is 0.858. The molecule has 0 aliphatic heterocycles. The molecule has 0 fully saturated rings. The number of phenolic OH excluding ortho intramolecular Hbond substituents is 1. The van der Waals surface area contributed by atoms with Crippen LogP contribution in [0.3, 0.4) is 0 Å². The Bertz CT molecular complexity index is 725. The molecule has 88 valence electrons. The predicted octanol–water partition coefficient (Wildman–Crippen LogP) is 3.62. The van der Waals surface area contributed by atoms with Crippen LogP contribution in [-0.4, -0.2) is 11.4 Å². The van der Waals surface area contributed by atoms with Gasteiger partial charge in [0.25, 0.3) is 0 Å². The number of aldehydes is 1. The van der Waals surface area contributed by atoms with Gasteiger partial charge in [-0.2, -0.15) is 0 Å². The predicted molar refractivity (Wildman–Crippen MR) is 68.7 cm³/mol. The third-order valence-electron chi connectivity index (χ3n) is 2.87. The van der Waals surface area contributed by atoms with Crippen molar-refractivity contribution in [2.75, 3.05) is 0 Å². The second-order valence-corrected chi connectivity index (χ2v) is 4.03. The zero-order valence-corrected chi connectivity index (χ0v) is 9.46. The van der Waals surface area contributed by atoms with Crippen LogP contribution >= 0.6 is 0 Å². The summed E-state index contributed by atoms with van der Waals surface area (Å²) in [7, 11) is 0. The molecule has 0 spiro atoms. The van der Waals surface area contributed by atoms with Crippen LogP contribution < -0.4 is 0 Å². The van der Waals surface area contributed by atoms with Gasteiger partial charge in [0.2, 0.25) is 0 Å². The Labute approximate surface area is 103 Å². The van der Waals surface area contributed by atoms with Crippen molar-refractivity contribution in [3.05, 3.63) is 54.3 Å². The Morgan fingerprint density at radius 2 is 1.94 bits per heavy atom. The van der Waals surface area contributed by atoms with Crippen LogP contribution in [-0.2, 0) is 0 Å². The Kier molecular flexibility index (Phi) is 2.38. The molecule has 0 amide bonds. The molecule has 0 atom stereocenters. The summed E-state index contributed by atoms with van der Waals surface area (Å²) in [4.78, 5) is 10.6. The van der Waals surface area contributed by atoms with E-state index in [2.05, 4.69) is 0 Å². The van der Waals surface area contributed by atoms with Crippen LogP contribution in [0.4, 0.5) is 0 Å². The number of furan rings is 1. The normalized spacial score (nSPS) is 10.7. The van der Waals surface area contributed by atoms with Crippen LogP contribution in [0.1, 0.15) is 10.6 Å². The number of hydrogen-bond donors (Lipinski definition) is 1. The fourth-order valence-corrected chi connectivity index (χ4v) is 2.04. The lowest BCUT2D eigenvalue weighted by atomic mass is 10.0. The summed E-state index contributed by atoms with van der Waals surface area (Å²) in [5, 5.41) is 11.5. The number of benzene rings is 2. The van der Waals surface area contributed by atoms with Gasteiger partial charge in [-0.25, -0.2) is 0 Å². The van der Waals surface area contributed by atoms with Crippen molar-refractivity contribution in [3.63, 3.8) is 0 Å². The third kappa shape index (κ3) is 1.66. The topological polar surface area (TPSA) is 50.4 Å². The van der Waals surface area contributed by atoms with Crippen molar-refractivity contribution in [1.29, 1.82) is 0 Å². The van der Waals surface area contributed by atoms with Gasteiger partial charge in [-0.05, 0) is 35.0 Å². The maximum absolute atomic E-state index is 10.6. The van der Waals surface area contributed by atoms with E-state index in [4.69, 9.17) is 4.42 Å². The van der Waals surface area contributed by atoms with E-state index in [0.29, 0.717) is 17.8 Å². The minimum atomic E-state index is 0.206. The SMILES string of the molecule is O=Cc1ccc(-c2cccc3ccc(O)cc23)o1. The molecule has 0 radical (unpaired) electrons. The van der Waals surface area contributed by atoms with Gasteiger partial charge in [-0.15, -0.1) is 0 Å². The molecule has 3 rings (SSSR count). The van der Waals surface area contributed by atoms with Crippen LogP contribution in [0.25, 0.3) is 22.1 Å². The van der Waals surface area contributed by atoms with Gasteiger partial charge in [0.1, 0.15) is 11.5 Å². The van der Waals surface area contributed by atoms with Gasteiger partial charge in [0.15, 0.2) is 12.0 Å². The molecular weight excluding hydrogens is 228 g/mol. The largest absolute Gasteiger partial charge is 0.508 e. The number of aromatic hydroxyl groups is 1. The molecule has 18 heavy (non-hydrogen) atoms. The van der Waals surface area contributed by atoms with Crippen molar-refractivity contribution in [2.24, 2.45) is 0 Å². The van der Waals surface area contributed by atoms with Gasteiger partial charge in [0, 0.05) is 5.56 Å². The van der Waals surface area contributed by atoms with Gasteiger partial charge < -0.3 is 9.52 Å². The summed E-state index contributed by atoms with van der Waals surface area (Å²) in [6, 6.07) is 14.3. The van der Waals surface area contributed by atoms with E-state index in [9.17, 15) is 9.90 Å². The molecule has 3 aromatic rings. The second kappa shape index (κ2) is 4.04. The average Bonchev–Trinajstić information content (AvgIpc) is 2.86. The monoisotopic (exact) mass is 238 g/mol. The zero-order valence-electron chi connectivity index (χ0n) is 9.46. The molecule has 0 saturated carbocycles. The van der Waals surface area contributed by atoms with E-state index in [-0.39, 0.29) is 5.75 Å². The Morgan fingerprint density at radius 1 is 1.06 bits per heavy atom. The van der Waals surface area contributed by atoms with Crippen molar-refractivity contribution in [1.82, 2.24) is 0 Å². The van der Waals surface area contributed by atoms with Gasteiger partial charge in [0.05, 0.1) is 0 Å². The first kappa shape index (κ1) is 10.6. The summed E-state index contributed by atoms with van der Waals surface area (Å²) in [5.74, 6) is 1.12. The molecule has 0 aliphatic carbocycles. The summed E-state index contributed by atoms with van der Waals surface area (Å²) < 4.78 is 5.42. The lowest BCUT2D eigenvalue weighted by Crippen LogP contribution is -1.79. The highest BCUT2D eigenvalue weighted by atomic mass is 16.3. The Morgan fingerprint density at radius 3 is 2.72 bits per heavy atom. The number of hydrogen-bond acceptors (Lipinski definition) is 3. The number of fused-ring (bicyclic) bond motifs is 1. The molecule has 3 heteroatoms. The minimum absolute atomic E-state index is 0.206. The van der Waals surface area contributed by atoms with Crippen molar-refractivity contribution < 1.29 is 14.3 Å².